The standard InChI is InChI=1S/C22H24BF2N3O4/c1-3-4-7-14(12-29)27-21(30)19-13(2)26-20-17(10-6-11-28(19)20)32-22(23,31)18-15(24)8-5-9-16(18)25/h5-6,8-11,14,29,31H,3-4,7,12H2,1-2H3,(H,27,30). The maximum atomic E-state index is 14.1. The molecule has 0 spiro atoms. The van der Waals surface area contributed by atoms with Crippen molar-refractivity contribution < 1.29 is 28.5 Å². The number of nitrogens with one attached hydrogen (secondary N) is 1. The van der Waals surface area contributed by atoms with Crippen LogP contribution >= 0.6 is 0 Å². The predicted octanol–water partition coefficient (Wildman–Crippen LogP) is 2.55. The van der Waals surface area contributed by atoms with Crippen molar-refractivity contribution in [2.24, 2.45) is 0 Å². The molecule has 3 N–H and O–H groups in total. The van der Waals surface area contributed by atoms with Crippen LogP contribution in [-0.2, 0) is 5.69 Å². The molecule has 7 nitrogen and oxygen atoms in total. The summed E-state index contributed by atoms with van der Waals surface area (Å²) in [6.07, 6.45) is 3.94. The molecular weight excluding hydrogens is 419 g/mol. The first-order chi connectivity index (χ1) is 15.2. The molecule has 0 saturated carbocycles. The van der Waals surface area contributed by atoms with Crippen molar-refractivity contribution in [1.82, 2.24) is 14.7 Å². The topological polar surface area (TPSA) is 96.1 Å². The van der Waals surface area contributed by atoms with E-state index in [-0.39, 0.29) is 23.7 Å². The first-order valence-electron chi connectivity index (χ1n) is 10.2. The van der Waals surface area contributed by atoms with Crippen LogP contribution in [-0.4, -0.2) is 46.0 Å². The average Bonchev–Trinajstić information content (AvgIpc) is 3.07. The summed E-state index contributed by atoms with van der Waals surface area (Å²) in [6, 6.07) is 5.52. The molecule has 0 aliphatic carbocycles. The van der Waals surface area contributed by atoms with Gasteiger partial charge in [-0.2, -0.15) is 0 Å². The quantitative estimate of drug-likeness (QED) is 0.349. The summed E-state index contributed by atoms with van der Waals surface area (Å²) in [5.74, 6) is -2.70. The molecule has 2 aromatic heterocycles. The first-order valence-corrected chi connectivity index (χ1v) is 10.2. The van der Waals surface area contributed by atoms with E-state index in [1.54, 1.807) is 13.1 Å². The maximum Gasteiger partial charge on any atom is 0.270 e. The highest BCUT2D eigenvalue weighted by atomic mass is 19.1. The number of hydrogen-bond donors (Lipinski definition) is 3. The molecule has 3 aromatic rings. The number of aliphatic hydroxyl groups excluding tert-OH is 1. The van der Waals surface area contributed by atoms with E-state index in [1.165, 1.54) is 16.5 Å². The lowest BCUT2D eigenvalue weighted by atomic mass is 9.86. The molecule has 3 rings (SSSR count). The third kappa shape index (κ3) is 4.76. The zero-order chi connectivity index (χ0) is 23.5. The smallest absolute Gasteiger partial charge is 0.270 e. The zero-order valence-corrected chi connectivity index (χ0v) is 17.8. The van der Waals surface area contributed by atoms with E-state index in [9.17, 15) is 23.8 Å². The third-order valence-corrected chi connectivity index (χ3v) is 5.05. The summed E-state index contributed by atoms with van der Waals surface area (Å²) in [5, 5.41) is 22.8. The monoisotopic (exact) mass is 443 g/mol. The van der Waals surface area contributed by atoms with Crippen molar-refractivity contribution in [3.8, 4) is 5.75 Å². The van der Waals surface area contributed by atoms with Gasteiger partial charge in [-0.15, -0.1) is 0 Å². The van der Waals surface area contributed by atoms with Gasteiger partial charge in [-0.1, -0.05) is 25.8 Å². The summed E-state index contributed by atoms with van der Waals surface area (Å²) in [7, 11) is 5.71. The lowest BCUT2D eigenvalue weighted by Gasteiger charge is -2.27. The minimum absolute atomic E-state index is 0.0907. The van der Waals surface area contributed by atoms with Crippen LogP contribution in [0.15, 0.2) is 36.5 Å². The second kappa shape index (κ2) is 9.66. The fraction of sp³-hybridized carbons (Fsp3) is 0.364. The zero-order valence-electron chi connectivity index (χ0n) is 17.8. The number of rotatable bonds is 9. The molecule has 2 heterocycles. The number of hydrogen-bond acceptors (Lipinski definition) is 5. The van der Waals surface area contributed by atoms with Crippen molar-refractivity contribution in [2.45, 2.75) is 44.8 Å². The van der Waals surface area contributed by atoms with Crippen LogP contribution in [0.3, 0.4) is 0 Å². The summed E-state index contributed by atoms with van der Waals surface area (Å²) >= 11 is 0. The number of halogens is 2. The number of amides is 1. The van der Waals surface area contributed by atoms with Crippen LogP contribution in [0, 0.1) is 18.6 Å². The van der Waals surface area contributed by atoms with Gasteiger partial charge in [0, 0.05) is 6.20 Å². The normalized spacial score (nSPS) is 14.2. The van der Waals surface area contributed by atoms with Crippen LogP contribution < -0.4 is 10.1 Å². The van der Waals surface area contributed by atoms with E-state index in [2.05, 4.69) is 10.3 Å². The Labute approximate surface area is 185 Å². The van der Waals surface area contributed by atoms with Gasteiger partial charge in [-0.3, -0.25) is 9.20 Å². The number of carbonyl (C=O) groups excluding carboxylic acids is 1. The van der Waals surface area contributed by atoms with Gasteiger partial charge >= 0.3 is 0 Å². The Morgan fingerprint density at radius 2 is 2.00 bits per heavy atom. The van der Waals surface area contributed by atoms with Crippen molar-refractivity contribution in [1.29, 1.82) is 0 Å². The van der Waals surface area contributed by atoms with E-state index in [4.69, 9.17) is 12.6 Å². The molecular formula is C22H24BF2N3O4. The summed E-state index contributed by atoms with van der Waals surface area (Å²) in [5.41, 5.74) is -3.03. The highest BCUT2D eigenvalue weighted by Gasteiger charge is 2.33. The summed E-state index contributed by atoms with van der Waals surface area (Å²) < 4.78 is 35.0. The Kier molecular flexibility index (Phi) is 7.15. The molecule has 1 amide bonds. The summed E-state index contributed by atoms with van der Waals surface area (Å²) in [4.78, 5) is 17.2. The number of aliphatic hydroxyl groups is 2. The number of carbonyl (C=O) groups is 1. The number of pyridine rings is 1. The van der Waals surface area contributed by atoms with Gasteiger partial charge in [0.2, 0.25) is 0 Å². The number of aromatic nitrogens is 2. The molecule has 0 saturated heterocycles. The fourth-order valence-electron chi connectivity index (χ4n) is 3.48. The van der Waals surface area contributed by atoms with Gasteiger partial charge < -0.3 is 20.3 Å². The van der Waals surface area contributed by atoms with Crippen molar-refractivity contribution in [2.75, 3.05) is 6.61 Å². The van der Waals surface area contributed by atoms with Gasteiger partial charge in [0.15, 0.2) is 24.9 Å². The molecule has 2 unspecified atom stereocenters. The second-order valence-electron chi connectivity index (χ2n) is 7.50. The van der Waals surface area contributed by atoms with Crippen LogP contribution in [0.1, 0.15) is 47.9 Å². The number of benzene rings is 1. The Balaban J connectivity index is 1.96. The van der Waals surface area contributed by atoms with Crippen LogP contribution in [0.2, 0.25) is 0 Å². The molecule has 10 heteroatoms. The lowest BCUT2D eigenvalue weighted by Crippen LogP contribution is -2.38. The van der Waals surface area contributed by atoms with Crippen LogP contribution in [0.25, 0.3) is 5.65 Å². The number of imidazole rings is 1. The van der Waals surface area contributed by atoms with Gasteiger partial charge in [0.1, 0.15) is 17.3 Å². The predicted molar refractivity (Wildman–Crippen MR) is 114 cm³/mol. The van der Waals surface area contributed by atoms with E-state index in [0.29, 0.717) is 12.1 Å². The first kappa shape index (κ1) is 23.7. The molecule has 32 heavy (non-hydrogen) atoms. The highest BCUT2D eigenvalue weighted by Crippen LogP contribution is 2.30. The molecule has 2 atom stereocenters. The Bertz CT molecular complexity index is 1100. The molecule has 0 aliphatic rings. The van der Waals surface area contributed by atoms with Gasteiger partial charge in [-0.05, 0) is 37.6 Å². The SMILES string of the molecule is [B]C(O)(Oc1cccn2c(C(=O)NC(CO)CCCC)c(C)nc12)c1c(F)cccc1F. The largest absolute Gasteiger partial charge is 0.464 e. The molecule has 1 aromatic carbocycles. The van der Waals surface area contributed by atoms with Crippen molar-refractivity contribution in [3.63, 3.8) is 0 Å². The van der Waals surface area contributed by atoms with E-state index < -0.39 is 34.8 Å². The Hall–Kier alpha value is -2.98. The number of ether oxygens (including phenoxy) is 1. The number of fused-ring (bicyclic) bond motifs is 1. The second-order valence-corrected chi connectivity index (χ2v) is 7.50. The van der Waals surface area contributed by atoms with Crippen molar-refractivity contribution >= 4 is 19.4 Å². The van der Waals surface area contributed by atoms with E-state index >= 15 is 0 Å². The van der Waals surface area contributed by atoms with Crippen molar-refractivity contribution in [3.05, 3.63) is 65.1 Å². The fourth-order valence-corrected chi connectivity index (χ4v) is 3.48. The van der Waals surface area contributed by atoms with Gasteiger partial charge in [0.25, 0.3) is 5.91 Å². The Morgan fingerprint density at radius 3 is 2.62 bits per heavy atom. The maximum absolute atomic E-state index is 14.1. The van der Waals surface area contributed by atoms with E-state index in [0.717, 1.165) is 31.0 Å². The number of unbranched alkanes of at least 4 members (excludes halogenated alkanes) is 1. The molecule has 168 valence electrons. The highest BCUT2D eigenvalue weighted by molar-refractivity contribution is 6.13. The molecule has 2 radical (unpaired) electrons. The van der Waals surface area contributed by atoms with E-state index in [1.807, 2.05) is 6.92 Å². The van der Waals surface area contributed by atoms with Crippen LogP contribution in [0.5, 0.6) is 5.75 Å². The number of aryl methyl sites for hydroxylation is 1. The number of nitrogens with zero attached hydrogens (tertiary/aromatic N) is 2. The minimum atomic E-state index is -2.83. The van der Waals surface area contributed by atoms with Crippen LogP contribution in [0.4, 0.5) is 8.78 Å². The van der Waals surface area contributed by atoms with Gasteiger partial charge in [0.05, 0.1) is 23.9 Å². The lowest BCUT2D eigenvalue weighted by molar-refractivity contribution is -0.0717. The Morgan fingerprint density at radius 1 is 1.31 bits per heavy atom. The molecule has 0 bridgehead atoms. The third-order valence-electron chi connectivity index (χ3n) is 5.05. The molecule has 0 aliphatic heterocycles. The van der Waals surface area contributed by atoms with Gasteiger partial charge in [-0.25, -0.2) is 13.8 Å². The summed E-state index contributed by atoms with van der Waals surface area (Å²) in [6.45, 7) is 3.42. The molecule has 0 fully saturated rings. The average molecular weight is 443 g/mol. The minimum Gasteiger partial charge on any atom is -0.464 e.